The number of rotatable bonds is 7. The SMILES string of the molecule is COc1ccc2c(N3CCN(CCCC(=O)c4ccc(F)cc4)CC3)noc2c1. The standard InChI is InChI=1S/C22H24FN3O3/c1-28-18-8-9-19-21(15-18)29-24-22(19)26-13-11-25(12-14-26)10-2-3-20(27)16-4-6-17(23)7-5-16/h4-9,15H,2-3,10-14H2,1H3. The molecule has 152 valence electrons. The first kappa shape index (κ1) is 19.4. The average molecular weight is 397 g/mol. The fourth-order valence-electron chi connectivity index (χ4n) is 3.69. The molecule has 2 heterocycles. The number of piperazine rings is 1. The Bertz CT molecular complexity index is 979. The highest BCUT2D eigenvalue weighted by molar-refractivity contribution is 5.96. The Hall–Kier alpha value is -2.93. The second-order valence-electron chi connectivity index (χ2n) is 7.23. The highest BCUT2D eigenvalue weighted by Crippen LogP contribution is 2.29. The topological polar surface area (TPSA) is 58.8 Å². The van der Waals surface area contributed by atoms with Crippen LogP contribution >= 0.6 is 0 Å². The van der Waals surface area contributed by atoms with Gasteiger partial charge in [-0.15, -0.1) is 0 Å². The Morgan fingerprint density at radius 2 is 1.90 bits per heavy atom. The maximum Gasteiger partial charge on any atom is 0.180 e. The van der Waals surface area contributed by atoms with Gasteiger partial charge in [0.05, 0.1) is 12.5 Å². The molecule has 1 saturated heterocycles. The number of aromatic nitrogens is 1. The molecule has 1 aliphatic rings. The van der Waals surface area contributed by atoms with Crippen LogP contribution in [0, 0.1) is 5.82 Å². The van der Waals surface area contributed by atoms with Crippen molar-refractivity contribution in [2.24, 2.45) is 0 Å². The van der Waals surface area contributed by atoms with E-state index in [0.717, 1.165) is 61.7 Å². The number of carbonyl (C=O) groups is 1. The zero-order valence-electron chi connectivity index (χ0n) is 16.4. The molecular formula is C22H24FN3O3. The van der Waals surface area contributed by atoms with Gasteiger partial charge in [0, 0.05) is 44.2 Å². The number of nitrogens with zero attached hydrogens (tertiary/aromatic N) is 3. The Labute approximate surface area is 168 Å². The maximum atomic E-state index is 13.0. The lowest BCUT2D eigenvalue weighted by atomic mass is 10.1. The molecule has 1 aliphatic heterocycles. The number of hydrogen-bond acceptors (Lipinski definition) is 6. The average Bonchev–Trinajstić information content (AvgIpc) is 3.18. The van der Waals surface area contributed by atoms with Gasteiger partial charge in [0.25, 0.3) is 0 Å². The van der Waals surface area contributed by atoms with E-state index >= 15 is 0 Å². The van der Waals surface area contributed by atoms with Gasteiger partial charge >= 0.3 is 0 Å². The molecule has 1 aromatic heterocycles. The van der Waals surface area contributed by atoms with Crippen LogP contribution in [0.1, 0.15) is 23.2 Å². The molecule has 0 saturated carbocycles. The number of methoxy groups -OCH3 is 1. The molecule has 0 amide bonds. The second kappa shape index (κ2) is 8.61. The summed E-state index contributed by atoms with van der Waals surface area (Å²) in [5, 5.41) is 5.24. The number of halogens is 1. The van der Waals surface area contributed by atoms with Gasteiger partial charge < -0.3 is 14.2 Å². The number of fused-ring (bicyclic) bond motifs is 1. The first-order valence-corrected chi connectivity index (χ1v) is 9.83. The van der Waals surface area contributed by atoms with Gasteiger partial charge in [-0.25, -0.2) is 4.39 Å². The summed E-state index contributed by atoms with van der Waals surface area (Å²) in [4.78, 5) is 16.8. The minimum atomic E-state index is -0.321. The number of benzene rings is 2. The molecule has 0 aliphatic carbocycles. The molecule has 2 aromatic carbocycles. The maximum absolute atomic E-state index is 13.0. The molecule has 7 heteroatoms. The lowest BCUT2D eigenvalue weighted by Gasteiger charge is -2.34. The minimum absolute atomic E-state index is 0.0631. The van der Waals surface area contributed by atoms with Crippen molar-refractivity contribution in [1.29, 1.82) is 0 Å². The number of ketones is 1. The van der Waals surface area contributed by atoms with Crippen molar-refractivity contribution >= 4 is 22.6 Å². The van der Waals surface area contributed by atoms with Crippen LogP contribution < -0.4 is 9.64 Å². The van der Waals surface area contributed by atoms with Gasteiger partial charge in [-0.05, 0) is 49.4 Å². The van der Waals surface area contributed by atoms with Crippen LogP contribution in [0.5, 0.6) is 5.75 Å². The van der Waals surface area contributed by atoms with Gasteiger partial charge in [-0.2, -0.15) is 0 Å². The quantitative estimate of drug-likeness (QED) is 0.566. The highest BCUT2D eigenvalue weighted by atomic mass is 19.1. The highest BCUT2D eigenvalue weighted by Gasteiger charge is 2.22. The molecule has 0 spiro atoms. The summed E-state index contributed by atoms with van der Waals surface area (Å²) in [5.41, 5.74) is 1.30. The molecule has 4 rings (SSSR count). The molecule has 0 bridgehead atoms. The van der Waals surface area contributed by atoms with Crippen molar-refractivity contribution in [3.63, 3.8) is 0 Å². The van der Waals surface area contributed by atoms with Gasteiger partial charge in [-0.1, -0.05) is 5.16 Å². The van der Waals surface area contributed by atoms with Gasteiger partial charge in [0.15, 0.2) is 17.2 Å². The number of hydrogen-bond donors (Lipinski definition) is 0. The van der Waals surface area contributed by atoms with E-state index in [1.807, 2.05) is 18.2 Å². The minimum Gasteiger partial charge on any atom is -0.497 e. The molecule has 0 radical (unpaired) electrons. The number of carbonyl (C=O) groups excluding carboxylic acids is 1. The van der Waals surface area contributed by atoms with Crippen molar-refractivity contribution < 1.29 is 18.4 Å². The lowest BCUT2D eigenvalue weighted by Crippen LogP contribution is -2.46. The summed E-state index contributed by atoms with van der Waals surface area (Å²) in [6.45, 7) is 4.42. The van der Waals surface area contributed by atoms with Crippen LogP contribution in [-0.4, -0.2) is 55.7 Å². The Morgan fingerprint density at radius 3 is 2.62 bits per heavy atom. The number of ether oxygens (including phenoxy) is 1. The van der Waals surface area contributed by atoms with Crippen molar-refractivity contribution in [1.82, 2.24) is 10.1 Å². The molecule has 0 unspecified atom stereocenters. The Morgan fingerprint density at radius 1 is 1.14 bits per heavy atom. The summed E-state index contributed by atoms with van der Waals surface area (Å²) in [7, 11) is 1.63. The molecule has 6 nitrogen and oxygen atoms in total. The third kappa shape index (κ3) is 4.40. The van der Waals surface area contributed by atoms with Gasteiger partial charge in [-0.3, -0.25) is 9.69 Å². The van der Waals surface area contributed by atoms with Crippen molar-refractivity contribution in [2.45, 2.75) is 12.8 Å². The van der Waals surface area contributed by atoms with E-state index in [4.69, 9.17) is 9.26 Å². The third-order valence-corrected chi connectivity index (χ3v) is 5.38. The van der Waals surface area contributed by atoms with E-state index in [1.165, 1.54) is 12.1 Å². The van der Waals surface area contributed by atoms with Crippen molar-refractivity contribution in [3.8, 4) is 5.75 Å². The van der Waals surface area contributed by atoms with E-state index in [9.17, 15) is 9.18 Å². The summed E-state index contributed by atoms with van der Waals surface area (Å²) >= 11 is 0. The molecular weight excluding hydrogens is 373 g/mol. The smallest absolute Gasteiger partial charge is 0.180 e. The summed E-state index contributed by atoms with van der Waals surface area (Å²) in [6, 6.07) is 11.5. The van der Waals surface area contributed by atoms with Crippen molar-refractivity contribution in [2.75, 3.05) is 44.7 Å². The van der Waals surface area contributed by atoms with E-state index in [-0.39, 0.29) is 11.6 Å². The fourth-order valence-corrected chi connectivity index (χ4v) is 3.69. The van der Waals surface area contributed by atoms with Gasteiger partial charge in [0.1, 0.15) is 11.6 Å². The number of Topliss-reactive ketones (excluding diaryl/α,β-unsaturated/α-hetero) is 1. The van der Waals surface area contributed by atoms with Crippen LogP contribution in [0.4, 0.5) is 10.2 Å². The van der Waals surface area contributed by atoms with Crippen LogP contribution in [0.2, 0.25) is 0 Å². The Balaban J connectivity index is 1.26. The summed E-state index contributed by atoms with van der Waals surface area (Å²) < 4.78 is 23.7. The normalized spacial score (nSPS) is 15.0. The van der Waals surface area contributed by atoms with E-state index < -0.39 is 0 Å². The Kier molecular flexibility index (Phi) is 5.76. The largest absolute Gasteiger partial charge is 0.497 e. The third-order valence-electron chi connectivity index (χ3n) is 5.38. The van der Waals surface area contributed by atoms with E-state index in [2.05, 4.69) is 15.0 Å². The molecule has 0 N–H and O–H groups in total. The first-order chi connectivity index (χ1) is 14.1. The van der Waals surface area contributed by atoms with Crippen LogP contribution in [0.15, 0.2) is 47.0 Å². The van der Waals surface area contributed by atoms with Gasteiger partial charge in [0.2, 0.25) is 0 Å². The zero-order valence-corrected chi connectivity index (χ0v) is 16.4. The molecule has 29 heavy (non-hydrogen) atoms. The van der Waals surface area contributed by atoms with E-state index in [1.54, 1.807) is 19.2 Å². The number of anilines is 1. The molecule has 0 atom stereocenters. The van der Waals surface area contributed by atoms with Crippen LogP contribution in [0.3, 0.4) is 0 Å². The monoisotopic (exact) mass is 397 g/mol. The van der Waals surface area contributed by atoms with Crippen LogP contribution in [0.25, 0.3) is 11.0 Å². The zero-order chi connectivity index (χ0) is 20.2. The summed E-state index contributed by atoms with van der Waals surface area (Å²) in [5.74, 6) is 1.36. The predicted molar refractivity (Wildman–Crippen MR) is 109 cm³/mol. The predicted octanol–water partition coefficient (Wildman–Crippen LogP) is 3.76. The van der Waals surface area contributed by atoms with E-state index in [0.29, 0.717) is 12.0 Å². The molecule has 1 fully saturated rings. The molecule has 3 aromatic rings. The second-order valence-corrected chi connectivity index (χ2v) is 7.23. The summed E-state index contributed by atoms with van der Waals surface area (Å²) in [6.07, 6.45) is 1.27. The lowest BCUT2D eigenvalue weighted by molar-refractivity contribution is 0.0974. The fraction of sp³-hybridized carbons (Fsp3) is 0.364. The van der Waals surface area contributed by atoms with Crippen LogP contribution in [-0.2, 0) is 0 Å². The first-order valence-electron chi connectivity index (χ1n) is 9.83. The van der Waals surface area contributed by atoms with Crippen molar-refractivity contribution in [3.05, 3.63) is 53.8 Å².